The Bertz CT molecular complexity index is 760. The molecule has 134 valence electrons. The van der Waals surface area contributed by atoms with E-state index >= 15 is 0 Å². The van der Waals surface area contributed by atoms with E-state index in [1.165, 1.54) is 25.3 Å². The standard InChI is InChI=1S/C16H19N3O6/c1-4-16(15(21)22)13(10-6-5-7-11(8-10)19(23)24)12(14(20)25-3)9(2)17-18-16/h5-8,13,17-18H,4H2,1-3H3,(H,21,22). The summed E-state index contributed by atoms with van der Waals surface area (Å²) in [6.45, 7) is 3.26. The summed E-state index contributed by atoms with van der Waals surface area (Å²) in [5, 5.41) is 20.9. The van der Waals surface area contributed by atoms with Crippen molar-refractivity contribution in [2.45, 2.75) is 31.7 Å². The van der Waals surface area contributed by atoms with Crippen LogP contribution in [-0.2, 0) is 14.3 Å². The second-order valence-corrected chi connectivity index (χ2v) is 5.70. The van der Waals surface area contributed by atoms with Gasteiger partial charge in [0.05, 0.1) is 17.6 Å². The number of rotatable bonds is 5. The zero-order valence-electron chi connectivity index (χ0n) is 14.0. The summed E-state index contributed by atoms with van der Waals surface area (Å²) in [6, 6.07) is 5.61. The molecule has 0 saturated carbocycles. The number of hydrogen-bond donors (Lipinski definition) is 3. The first kappa shape index (κ1) is 18.4. The van der Waals surface area contributed by atoms with Gasteiger partial charge in [-0.25, -0.2) is 10.2 Å². The largest absolute Gasteiger partial charge is 0.480 e. The zero-order chi connectivity index (χ0) is 18.8. The molecule has 3 N–H and O–H groups in total. The van der Waals surface area contributed by atoms with Gasteiger partial charge in [-0.1, -0.05) is 19.1 Å². The number of carbonyl (C=O) groups excluding carboxylic acids is 1. The molecule has 0 amide bonds. The highest BCUT2D eigenvalue weighted by Gasteiger charge is 2.52. The Morgan fingerprint density at radius 1 is 1.44 bits per heavy atom. The number of nitro groups is 1. The van der Waals surface area contributed by atoms with Crippen molar-refractivity contribution in [3.63, 3.8) is 0 Å². The van der Waals surface area contributed by atoms with Crippen LogP contribution >= 0.6 is 0 Å². The van der Waals surface area contributed by atoms with E-state index < -0.39 is 28.3 Å². The number of esters is 1. The summed E-state index contributed by atoms with van der Waals surface area (Å²) >= 11 is 0. The lowest BCUT2D eigenvalue weighted by Gasteiger charge is -2.42. The Morgan fingerprint density at radius 2 is 2.12 bits per heavy atom. The molecular formula is C16H19N3O6. The molecule has 1 heterocycles. The van der Waals surface area contributed by atoms with Crippen molar-refractivity contribution < 1.29 is 24.4 Å². The van der Waals surface area contributed by atoms with Crippen LogP contribution in [0.2, 0.25) is 0 Å². The molecule has 0 fully saturated rings. The number of carboxylic acid groups (broad SMARTS) is 1. The smallest absolute Gasteiger partial charge is 0.336 e. The van der Waals surface area contributed by atoms with E-state index in [1.807, 2.05) is 0 Å². The fourth-order valence-electron chi connectivity index (χ4n) is 3.08. The highest BCUT2D eigenvalue weighted by atomic mass is 16.6. The van der Waals surface area contributed by atoms with Gasteiger partial charge in [0.15, 0.2) is 0 Å². The average Bonchev–Trinajstić information content (AvgIpc) is 2.60. The number of ether oxygens (including phenoxy) is 1. The molecule has 0 aliphatic carbocycles. The van der Waals surface area contributed by atoms with Crippen LogP contribution in [0.3, 0.4) is 0 Å². The van der Waals surface area contributed by atoms with Crippen LogP contribution < -0.4 is 10.9 Å². The van der Waals surface area contributed by atoms with Crippen LogP contribution in [-0.4, -0.2) is 34.6 Å². The number of non-ortho nitro benzene ring substituents is 1. The predicted molar refractivity (Wildman–Crippen MR) is 87.5 cm³/mol. The minimum absolute atomic E-state index is 0.117. The van der Waals surface area contributed by atoms with Crippen LogP contribution in [0.25, 0.3) is 0 Å². The maximum atomic E-state index is 12.3. The lowest BCUT2D eigenvalue weighted by atomic mass is 9.71. The molecule has 9 nitrogen and oxygen atoms in total. The number of nitrogens with one attached hydrogen (secondary N) is 2. The second-order valence-electron chi connectivity index (χ2n) is 5.70. The maximum absolute atomic E-state index is 12.3. The van der Waals surface area contributed by atoms with Gasteiger partial charge >= 0.3 is 11.9 Å². The summed E-state index contributed by atoms with van der Waals surface area (Å²) < 4.78 is 4.82. The van der Waals surface area contributed by atoms with Gasteiger partial charge in [-0.2, -0.15) is 0 Å². The molecule has 1 aliphatic heterocycles. The van der Waals surface area contributed by atoms with Gasteiger partial charge in [0.2, 0.25) is 0 Å². The molecule has 0 spiro atoms. The molecule has 0 bridgehead atoms. The number of allylic oxidation sites excluding steroid dienone is 1. The van der Waals surface area contributed by atoms with Gasteiger partial charge in [-0.05, 0) is 18.9 Å². The molecule has 1 aromatic rings. The van der Waals surface area contributed by atoms with Gasteiger partial charge < -0.3 is 15.3 Å². The summed E-state index contributed by atoms with van der Waals surface area (Å²) in [7, 11) is 1.20. The lowest BCUT2D eigenvalue weighted by Crippen LogP contribution is -2.64. The monoisotopic (exact) mass is 349 g/mol. The Kier molecular flexibility index (Phi) is 5.07. The molecule has 1 aliphatic rings. The molecule has 0 radical (unpaired) electrons. The average molecular weight is 349 g/mol. The van der Waals surface area contributed by atoms with Crippen molar-refractivity contribution >= 4 is 17.6 Å². The van der Waals surface area contributed by atoms with Crippen LogP contribution in [0, 0.1) is 10.1 Å². The molecule has 0 aromatic heterocycles. The zero-order valence-corrected chi connectivity index (χ0v) is 14.0. The fourth-order valence-corrected chi connectivity index (χ4v) is 3.08. The molecule has 2 rings (SSSR count). The second kappa shape index (κ2) is 6.89. The molecule has 2 unspecified atom stereocenters. The van der Waals surface area contributed by atoms with E-state index in [9.17, 15) is 24.8 Å². The van der Waals surface area contributed by atoms with Gasteiger partial charge in [-0.3, -0.25) is 14.9 Å². The van der Waals surface area contributed by atoms with Crippen molar-refractivity contribution in [2.24, 2.45) is 0 Å². The highest BCUT2D eigenvalue weighted by molar-refractivity contribution is 5.95. The van der Waals surface area contributed by atoms with Gasteiger partial charge in [0.25, 0.3) is 5.69 Å². The van der Waals surface area contributed by atoms with Crippen molar-refractivity contribution in [2.75, 3.05) is 7.11 Å². The molecule has 9 heteroatoms. The fraction of sp³-hybridized carbons (Fsp3) is 0.375. The predicted octanol–water partition coefficient (Wildman–Crippen LogP) is 1.47. The third-order valence-corrected chi connectivity index (χ3v) is 4.42. The van der Waals surface area contributed by atoms with Crippen molar-refractivity contribution in [1.29, 1.82) is 0 Å². The van der Waals surface area contributed by atoms with E-state index in [4.69, 9.17) is 4.74 Å². The van der Waals surface area contributed by atoms with Crippen molar-refractivity contribution in [3.05, 3.63) is 51.2 Å². The molecule has 0 saturated heterocycles. The van der Waals surface area contributed by atoms with E-state index in [-0.39, 0.29) is 17.7 Å². The van der Waals surface area contributed by atoms with Gasteiger partial charge in [-0.15, -0.1) is 0 Å². The SMILES string of the molecule is CCC1(C(=O)O)NNC(C)=C(C(=O)OC)C1c1cccc([N+](=O)[O-])c1. The Morgan fingerprint density at radius 3 is 2.64 bits per heavy atom. The number of benzene rings is 1. The molecule has 25 heavy (non-hydrogen) atoms. The molecule has 2 atom stereocenters. The first-order valence-corrected chi connectivity index (χ1v) is 7.58. The topological polar surface area (TPSA) is 131 Å². The van der Waals surface area contributed by atoms with E-state index in [2.05, 4.69) is 10.9 Å². The Labute approximate surface area is 143 Å². The number of methoxy groups -OCH3 is 1. The van der Waals surface area contributed by atoms with E-state index in [1.54, 1.807) is 19.9 Å². The van der Waals surface area contributed by atoms with Crippen molar-refractivity contribution in [3.8, 4) is 0 Å². The van der Waals surface area contributed by atoms with Crippen molar-refractivity contribution in [1.82, 2.24) is 10.9 Å². The van der Waals surface area contributed by atoms with E-state index in [0.29, 0.717) is 11.3 Å². The summed E-state index contributed by atoms with van der Waals surface area (Å²) in [5.74, 6) is -2.85. The number of carbonyl (C=O) groups is 2. The van der Waals surface area contributed by atoms with Crippen LogP contribution in [0.15, 0.2) is 35.5 Å². The number of carboxylic acids is 1. The van der Waals surface area contributed by atoms with Crippen LogP contribution in [0.4, 0.5) is 5.69 Å². The van der Waals surface area contributed by atoms with Crippen LogP contribution in [0.5, 0.6) is 0 Å². The first-order valence-electron chi connectivity index (χ1n) is 7.58. The van der Waals surface area contributed by atoms with E-state index in [0.717, 1.165) is 0 Å². The minimum Gasteiger partial charge on any atom is -0.480 e. The number of aliphatic carboxylic acids is 1. The molecule has 1 aromatic carbocycles. The summed E-state index contributed by atoms with van der Waals surface area (Å²) in [4.78, 5) is 34.9. The third-order valence-electron chi connectivity index (χ3n) is 4.42. The number of hydrazine groups is 1. The number of nitrogens with zero attached hydrogens (tertiary/aromatic N) is 1. The third kappa shape index (κ3) is 3.05. The summed E-state index contributed by atoms with van der Waals surface area (Å²) in [5.41, 5.74) is 4.57. The highest BCUT2D eigenvalue weighted by Crippen LogP contribution is 2.42. The first-order chi connectivity index (χ1) is 11.8. The lowest BCUT2D eigenvalue weighted by molar-refractivity contribution is -0.384. The van der Waals surface area contributed by atoms with Gasteiger partial charge in [0.1, 0.15) is 5.54 Å². The summed E-state index contributed by atoms with van der Waals surface area (Å²) in [6.07, 6.45) is 0.121. The van der Waals surface area contributed by atoms with Gasteiger partial charge in [0, 0.05) is 23.7 Å². The Balaban J connectivity index is 2.76. The normalized spacial score (nSPS) is 22.9. The number of hydrogen-bond acceptors (Lipinski definition) is 7. The Hall–Kier alpha value is -2.94. The number of nitro benzene ring substituents is 1. The quantitative estimate of drug-likeness (QED) is 0.414. The molecular weight excluding hydrogens is 330 g/mol. The maximum Gasteiger partial charge on any atom is 0.336 e. The minimum atomic E-state index is -1.57. The van der Waals surface area contributed by atoms with Crippen LogP contribution in [0.1, 0.15) is 31.7 Å².